The lowest BCUT2D eigenvalue weighted by Crippen LogP contribution is -2.75. The van der Waals surface area contributed by atoms with Crippen LogP contribution in [0.4, 0.5) is 0 Å². The quantitative estimate of drug-likeness (QED) is 0.214. The van der Waals surface area contributed by atoms with Crippen LogP contribution in [0.5, 0.6) is 0 Å². The van der Waals surface area contributed by atoms with Gasteiger partial charge in [0.05, 0.1) is 37.8 Å². The summed E-state index contributed by atoms with van der Waals surface area (Å²) in [5, 5.41) is 11.9. The van der Waals surface area contributed by atoms with Gasteiger partial charge in [-0.3, -0.25) is 4.79 Å². The van der Waals surface area contributed by atoms with Crippen LogP contribution in [0.3, 0.4) is 0 Å². The third kappa shape index (κ3) is 4.55. The Bertz CT molecular complexity index is 1550. The molecule has 10 atom stereocenters. The summed E-state index contributed by atoms with van der Waals surface area (Å²) in [7, 11) is 1.18. The number of aromatic amines is 1. The summed E-state index contributed by atoms with van der Waals surface area (Å²) >= 11 is 0. The number of rotatable bonds is 7. The Hall–Kier alpha value is -3.88. The fourth-order valence-electron chi connectivity index (χ4n) is 9.30. The molecule has 0 aromatic carbocycles. The molecule has 14 heteroatoms. The number of carbonyl (C=O) groups excluding carboxylic acids is 5. The number of nitrogens with one attached hydrogen (secondary N) is 1. The fraction of sp³-hybridized carbons (Fsp3) is 0.625. The zero-order valence-corrected chi connectivity index (χ0v) is 26.4. The van der Waals surface area contributed by atoms with Gasteiger partial charge in [0.1, 0.15) is 12.1 Å². The van der Waals surface area contributed by atoms with E-state index in [-0.39, 0.29) is 38.0 Å². The largest absolute Gasteiger partial charge is 0.467 e. The van der Waals surface area contributed by atoms with Crippen molar-refractivity contribution in [3.05, 3.63) is 41.2 Å². The molecule has 2 bridgehead atoms. The number of nitrogens with two attached hydrogens (primary N) is 1. The SMILES string of the molecule is COC(=O)[C@@]12C[C@H](O)C3[C@@]4(C)CC(=O)C(OC(=O)[C@@H](N)Cc5c[nH]cn5)=C(C)C4C[C@H]4OC(=O)[C@H](OC(=O)C=C(C)C)[C@@H]1[C@@]34CO2. The number of hydrogen-bond donors (Lipinski definition) is 3. The van der Waals surface area contributed by atoms with Crippen LogP contribution >= 0.6 is 0 Å². The van der Waals surface area contributed by atoms with Crippen molar-refractivity contribution in [2.45, 2.75) is 83.3 Å². The molecule has 1 aromatic heterocycles. The highest BCUT2D eigenvalue weighted by Crippen LogP contribution is 2.72. The van der Waals surface area contributed by atoms with Gasteiger partial charge in [0.25, 0.3) is 0 Å². The van der Waals surface area contributed by atoms with Crippen molar-refractivity contribution >= 4 is 29.7 Å². The van der Waals surface area contributed by atoms with E-state index in [9.17, 15) is 29.1 Å². The van der Waals surface area contributed by atoms with E-state index in [1.54, 1.807) is 27.0 Å². The lowest BCUT2D eigenvalue weighted by atomic mass is 9.38. The Labute approximate surface area is 265 Å². The van der Waals surface area contributed by atoms with Gasteiger partial charge < -0.3 is 39.5 Å². The summed E-state index contributed by atoms with van der Waals surface area (Å²) in [5.74, 6) is -6.07. The number of fused-ring (bicyclic) bond motifs is 2. The lowest BCUT2D eigenvalue weighted by molar-refractivity contribution is -0.269. The maximum Gasteiger partial charge on any atom is 0.348 e. The van der Waals surface area contributed by atoms with E-state index in [0.717, 1.165) is 0 Å². The van der Waals surface area contributed by atoms with Crippen molar-refractivity contribution in [1.82, 2.24) is 9.97 Å². The Kier molecular flexibility index (Phi) is 7.76. The number of carbonyl (C=O) groups is 5. The molecular weight excluding hydrogens is 602 g/mol. The third-order valence-electron chi connectivity index (χ3n) is 10.8. The average Bonchev–Trinajstić information content (AvgIpc) is 3.57. The normalized spacial score (nSPS) is 38.2. The molecule has 2 saturated carbocycles. The number of H-pyrrole nitrogens is 1. The van der Waals surface area contributed by atoms with Crippen molar-refractivity contribution in [2.75, 3.05) is 13.7 Å². The lowest BCUT2D eigenvalue weighted by Gasteiger charge is -2.66. The first-order valence-corrected chi connectivity index (χ1v) is 15.3. The van der Waals surface area contributed by atoms with E-state index in [4.69, 9.17) is 29.4 Å². The van der Waals surface area contributed by atoms with Crippen LogP contribution in [0.1, 0.15) is 52.7 Å². The summed E-state index contributed by atoms with van der Waals surface area (Å²) < 4.78 is 28.8. The topological polar surface area (TPSA) is 206 Å². The molecule has 0 radical (unpaired) electrons. The van der Waals surface area contributed by atoms with Gasteiger partial charge in [0.2, 0.25) is 6.10 Å². The van der Waals surface area contributed by atoms with Gasteiger partial charge in [-0.1, -0.05) is 12.5 Å². The van der Waals surface area contributed by atoms with Crippen LogP contribution < -0.4 is 5.73 Å². The third-order valence-corrected chi connectivity index (χ3v) is 10.8. The minimum Gasteiger partial charge on any atom is -0.467 e. The maximum atomic E-state index is 13.8. The summed E-state index contributed by atoms with van der Waals surface area (Å²) in [6.07, 6.45) is 0.598. The fourth-order valence-corrected chi connectivity index (χ4v) is 9.30. The first-order valence-electron chi connectivity index (χ1n) is 15.3. The molecule has 248 valence electrons. The molecule has 5 aliphatic rings. The maximum absolute atomic E-state index is 13.8. The zero-order chi connectivity index (χ0) is 33.3. The van der Waals surface area contributed by atoms with E-state index >= 15 is 0 Å². The molecule has 3 heterocycles. The predicted octanol–water partition coefficient (Wildman–Crippen LogP) is 0.825. The second kappa shape index (κ2) is 11.1. The smallest absolute Gasteiger partial charge is 0.348 e. The number of methoxy groups -OCH3 is 1. The number of hydrogen-bond acceptors (Lipinski definition) is 13. The summed E-state index contributed by atoms with van der Waals surface area (Å²) in [4.78, 5) is 73.6. The van der Waals surface area contributed by atoms with Gasteiger partial charge in [-0.05, 0) is 44.1 Å². The van der Waals surface area contributed by atoms with E-state index in [2.05, 4.69) is 9.97 Å². The molecule has 2 saturated heterocycles. The molecule has 0 amide bonds. The van der Waals surface area contributed by atoms with Gasteiger partial charge >= 0.3 is 23.9 Å². The van der Waals surface area contributed by atoms with Gasteiger partial charge in [0.15, 0.2) is 17.1 Å². The number of ether oxygens (including phenoxy) is 5. The Morgan fingerprint density at radius 2 is 2.00 bits per heavy atom. The van der Waals surface area contributed by atoms with Crippen molar-refractivity contribution in [3.8, 4) is 0 Å². The van der Waals surface area contributed by atoms with Crippen LogP contribution in [-0.2, 0) is 54.1 Å². The van der Waals surface area contributed by atoms with Gasteiger partial charge in [-0.15, -0.1) is 0 Å². The molecule has 2 unspecified atom stereocenters. The molecule has 3 aliphatic carbocycles. The van der Waals surface area contributed by atoms with E-state index in [1.807, 2.05) is 6.92 Å². The molecule has 4 N–H and O–H groups in total. The predicted molar refractivity (Wildman–Crippen MR) is 155 cm³/mol. The minimum absolute atomic E-state index is 0.0987. The molecule has 14 nitrogen and oxygen atoms in total. The molecule has 6 rings (SSSR count). The number of ketones is 1. The second-order valence-electron chi connectivity index (χ2n) is 13.7. The van der Waals surface area contributed by atoms with Crippen molar-refractivity contribution in [3.63, 3.8) is 0 Å². The average molecular weight is 642 g/mol. The Morgan fingerprint density at radius 3 is 2.65 bits per heavy atom. The van der Waals surface area contributed by atoms with Crippen LogP contribution in [0.25, 0.3) is 0 Å². The Morgan fingerprint density at radius 1 is 1.26 bits per heavy atom. The van der Waals surface area contributed by atoms with E-state index in [0.29, 0.717) is 16.8 Å². The van der Waals surface area contributed by atoms with Crippen LogP contribution in [0.2, 0.25) is 0 Å². The monoisotopic (exact) mass is 641 g/mol. The Balaban J connectivity index is 1.40. The minimum atomic E-state index is -1.80. The van der Waals surface area contributed by atoms with Gasteiger partial charge in [-0.25, -0.2) is 24.2 Å². The first kappa shape index (κ1) is 32.1. The van der Waals surface area contributed by atoms with Gasteiger partial charge in [0, 0.05) is 42.9 Å². The molecule has 2 aliphatic heterocycles. The zero-order valence-electron chi connectivity index (χ0n) is 26.4. The number of esters is 4. The van der Waals surface area contributed by atoms with Crippen molar-refractivity contribution in [2.24, 2.45) is 34.3 Å². The van der Waals surface area contributed by atoms with Crippen molar-refractivity contribution < 1.29 is 52.8 Å². The number of allylic oxidation sites excluding steroid dienone is 3. The number of aliphatic hydroxyl groups is 1. The highest BCUT2D eigenvalue weighted by Gasteiger charge is 2.82. The van der Waals surface area contributed by atoms with E-state index in [1.165, 1.54) is 19.5 Å². The number of aromatic nitrogens is 2. The van der Waals surface area contributed by atoms with Crippen molar-refractivity contribution in [1.29, 1.82) is 0 Å². The number of Topliss-reactive ketones (excluding diaryl/α,β-unsaturated/α-hetero) is 1. The number of imidazole rings is 1. The number of nitrogens with zero attached hydrogens (tertiary/aromatic N) is 1. The standard InChI is InChI=1S/C32H39N3O11/c1-14(2)6-22(38)45-24-26-31-12-43-32(26,29(41)42-5)10-20(37)25(31)30(4)9-19(36)23(15(3)17(30)8-21(31)44-28(24)40)46-27(39)18(33)7-16-11-34-13-35-16/h6,11,13,17-18,20-21,24-26,37H,7-10,12,33H2,1-5H3,(H,34,35)/t17?,18-,20-,21+,24+,25?,26+,30-,31+,32+/m0/s1. The number of aliphatic hydroxyl groups excluding tert-OH is 1. The van der Waals surface area contributed by atoms with Crippen LogP contribution in [0, 0.1) is 28.6 Å². The molecular formula is C32H39N3O11. The van der Waals surface area contributed by atoms with E-state index < -0.39 is 88.2 Å². The first-order chi connectivity index (χ1) is 21.7. The molecule has 46 heavy (non-hydrogen) atoms. The summed E-state index contributed by atoms with van der Waals surface area (Å²) in [6, 6.07) is -1.08. The highest BCUT2D eigenvalue weighted by atomic mass is 16.6. The van der Waals surface area contributed by atoms with Gasteiger partial charge in [-0.2, -0.15) is 0 Å². The molecule has 4 fully saturated rings. The van der Waals surface area contributed by atoms with Crippen LogP contribution in [0.15, 0.2) is 35.5 Å². The molecule has 1 aromatic rings. The molecule has 1 spiro atoms. The summed E-state index contributed by atoms with van der Waals surface area (Å²) in [5.41, 5.74) is 3.79. The second-order valence-corrected chi connectivity index (χ2v) is 13.7. The van der Waals surface area contributed by atoms with Crippen LogP contribution in [-0.4, -0.2) is 88.4 Å². The highest BCUT2D eigenvalue weighted by molar-refractivity contribution is 5.98. The summed E-state index contributed by atoms with van der Waals surface area (Å²) in [6.45, 7) is 6.85.